The highest BCUT2D eigenvalue weighted by Crippen LogP contribution is 2.42. The molecule has 2 aromatic rings. The smallest absolute Gasteiger partial charge is 0.293 e. The molecule has 1 unspecified atom stereocenters. The summed E-state index contributed by atoms with van der Waals surface area (Å²) in [5.41, 5.74) is 3.39. The van der Waals surface area contributed by atoms with Crippen molar-refractivity contribution in [2.45, 2.75) is 39.2 Å². The number of aryl methyl sites for hydroxylation is 1. The van der Waals surface area contributed by atoms with Gasteiger partial charge in [0.25, 0.3) is 11.6 Å². The second-order valence-corrected chi connectivity index (χ2v) is 8.66. The number of nitrogens with zero attached hydrogens (tertiary/aromatic N) is 1. The zero-order chi connectivity index (χ0) is 19.1. The molecular formula is C20H24N3O3S+. The first-order valence-electron chi connectivity index (χ1n) is 9.41. The lowest BCUT2D eigenvalue weighted by Crippen LogP contribution is -3.14. The Bertz CT molecular complexity index is 904. The Kier molecular flexibility index (Phi) is 4.74. The van der Waals surface area contributed by atoms with Gasteiger partial charge in [-0.15, -0.1) is 11.3 Å². The van der Waals surface area contributed by atoms with Crippen LogP contribution in [-0.2, 0) is 11.2 Å². The second-order valence-electron chi connectivity index (χ2n) is 7.66. The molecule has 1 amide bonds. The molecule has 7 heteroatoms. The number of benzene rings is 1. The fourth-order valence-electron chi connectivity index (χ4n) is 4.20. The van der Waals surface area contributed by atoms with Crippen molar-refractivity contribution < 1.29 is 14.6 Å². The third kappa shape index (κ3) is 3.49. The zero-order valence-corrected chi connectivity index (χ0v) is 16.4. The van der Waals surface area contributed by atoms with Crippen LogP contribution in [0.15, 0.2) is 23.6 Å². The van der Waals surface area contributed by atoms with Crippen LogP contribution in [0.25, 0.3) is 0 Å². The molecule has 27 heavy (non-hydrogen) atoms. The minimum Gasteiger partial charge on any atom is -0.320 e. The van der Waals surface area contributed by atoms with Gasteiger partial charge in [0.05, 0.1) is 11.5 Å². The normalized spacial score (nSPS) is 21.6. The van der Waals surface area contributed by atoms with E-state index < -0.39 is 4.92 Å². The number of fused-ring (bicyclic) bond motifs is 1. The number of carbonyl (C=O) groups is 1. The molecule has 0 saturated heterocycles. The van der Waals surface area contributed by atoms with Crippen LogP contribution in [0.5, 0.6) is 0 Å². The first kappa shape index (κ1) is 18.1. The Morgan fingerprint density at radius 2 is 2.11 bits per heavy atom. The average Bonchev–Trinajstić information content (AvgIpc) is 3.34. The number of rotatable bonds is 5. The molecule has 6 nitrogen and oxygen atoms in total. The van der Waals surface area contributed by atoms with Gasteiger partial charge in [0.2, 0.25) is 0 Å². The van der Waals surface area contributed by atoms with Gasteiger partial charge in [-0.3, -0.25) is 14.9 Å². The summed E-state index contributed by atoms with van der Waals surface area (Å²) in [6, 6.07) is 5.80. The van der Waals surface area contributed by atoms with E-state index in [1.807, 2.05) is 25.2 Å². The van der Waals surface area contributed by atoms with E-state index in [1.54, 1.807) is 6.07 Å². The van der Waals surface area contributed by atoms with Crippen LogP contribution >= 0.6 is 11.3 Å². The van der Waals surface area contributed by atoms with E-state index in [2.05, 4.69) is 16.8 Å². The van der Waals surface area contributed by atoms with E-state index in [-0.39, 0.29) is 11.6 Å². The van der Waals surface area contributed by atoms with E-state index in [0.29, 0.717) is 24.2 Å². The van der Waals surface area contributed by atoms with Crippen molar-refractivity contribution in [3.05, 3.63) is 55.3 Å². The van der Waals surface area contributed by atoms with E-state index in [1.165, 1.54) is 34.2 Å². The van der Waals surface area contributed by atoms with Gasteiger partial charge >= 0.3 is 0 Å². The minimum atomic E-state index is -0.430. The van der Waals surface area contributed by atoms with Crippen LogP contribution < -0.4 is 10.2 Å². The molecule has 2 N–H and O–H groups in total. The van der Waals surface area contributed by atoms with Crippen molar-refractivity contribution in [2.24, 2.45) is 5.92 Å². The molecule has 1 aliphatic carbocycles. The molecule has 0 spiro atoms. The number of anilines is 1. The Morgan fingerprint density at radius 1 is 1.33 bits per heavy atom. The largest absolute Gasteiger partial charge is 0.320 e. The minimum absolute atomic E-state index is 0.0426. The lowest BCUT2D eigenvalue weighted by Gasteiger charge is -2.32. The maximum Gasteiger partial charge on any atom is 0.293 e. The third-order valence-corrected chi connectivity index (χ3v) is 6.88. The van der Waals surface area contributed by atoms with Crippen molar-refractivity contribution in [1.82, 2.24) is 0 Å². The molecule has 2 heterocycles. The SMILES string of the molecule is Cc1ccc([N+](=O)[O-])c(NC(=O)C[NH+]2CCc3sccc3[C@H]2C2CC2)c1C. The average molecular weight is 386 g/mol. The monoisotopic (exact) mass is 386 g/mol. The van der Waals surface area contributed by atoms with Crippen molar-refractivity contribution in [3.8, 4) is 0 Å². The van der Waals surface area contributed by atoms with Crippen LogP contribution in [0.4, 0.5) is 11.4 Å². The summed E-state index contributed by atoms with van der Waals surface area (Å²) < 4.78 is 0. The molecule has 1 aromatic carbocycles. The van der Waals surface area contributed by atoms with Crippen molar-refractivity contribution >= 4 is 28.6 Å². The molecule has 1 saturated carbocycles. The molecule has 0 radical (unpaired) electrons. The summed E-state index contributed by atoms with van der Waals surface area (Å²) in [4.78, 5) is 26.5. The zero-order valence-electron chi connectivity index (χ0n) is 15.6. The lowest BCUT2D eigenvalue weighted by molar-refractivity contribution is -0.928. The van der Waals surface area contributed by atoms with Gasteiger partial charge in [-0.2, -0.15) is 0 Å². The van der Waals surface area contributed by atoms with Crippen molar-refractivity contribution in [2.75, 3.05) is 18.4 Å². The molecule has 4 rings (SSSR count). The summed E-state index contributed by atoms with van der Waals surface area (Å²) >= 11 is 1.82. The van der Waals surface area contributed by atoms with Gasteiger partial charge < -0.3 is 10.2 Å². The fraction of sp³-hybridized carbons (Fsp3) is 0.450. The molecule has 2 atom stereocenters. The van der Waals surface area contributed by atoms with Crippen LogP contribution in [0.2, 0.25) is 0 Å². The molecule has 0 bridgehead atoms. The van der Waals surface area contributed by atoms with E-state index in [0.717, 1.165) is 24.1 Å². The summed E-state index contributed by atoms with van der Waals surface area (Å²) in [5, 5.41) is 16.4. The Hall–Kier alpha value is -2.25. The Labute approximate surface area is 162 Å². The number of thiophene rings is 1. The summed E-state index contributed by atoms with van der Waals surface area (Å²) in [6.45, 7) is 5.00. The van der Waals surface area contributed by atoms with Gasteiger partial charge in [-0.25, -0.2) is 0 Å². The summed E-state index contributed by atoms with van der Waals surface area (Å²) in [5.74, 6) is 0.516. The number of nitro groups is 1. The highest BCUT2D eigenvalue weighted by atomic mass is 32.1. The van der Waals surface area contributed by atoms with Crippen LogP contribution in [0.3, 0.4) is 0 Å². The summed E-state index contributed by atoms with van der Waals surface area (Å²) in [6.07, 6.45) is 3.46. The first-order chi connectivity index (χ1) is 13.0. The van der Waals surface area contributed by atoms with E-state index in [4.69, 9.17) is 0 Å². The predicted octanol–water partition coefficient (Wildman–Crippen LogP) is 2.80. The van der Waals surface area contributed by atoms with Crippen LogP contribution in [0.1, 0.15) is 40.5 Å². The quantitative estimate of drug-likeness (QED) is 0.613. The number of quaternary nitrogens is 1. The number of amides is 1. The van der Waals surface area contributed by atoms with Crippen LogP contribution in [-0.4, -0.2) is 23.9 Å². The van der Waals surface area contributed by atoms with Crippen molar-refractivity contribution in [1.29, 1.82) is 0 Å². The number of hydrogen-bond donors (Lipinski definition) is 2. The number of nitrogens with one attached hydrogen (secondary N) is 2. The van der Waals surface area contributed by atoms with E-state index in [9.17, 15) is 14.9 Å². The summed E-state index contributed by atoms with van der Waals surface area (Å²) in [7, 11) is 0. The Balaban J connectivity index is 1.54. The highest BCUT2D eigenvalue weighted by molar-refractivity contribution is 7.10. The van der Waals surface area contributed by atoms with Crippen molar-refractivity contribution in [3.63, 3.8) is 0 Å². The van der Waals surface area contributed by atoms with Gasteiger partial charge in [0.15, 0.2) is 6.54 Å². The molecule has 1 aromatic heterocycles. The standard InChI is InChI=1S/C20H23N3O3S/c1-12-3-6-16(23(25)26)19(13(12)2)21-18(24)11-22-9-7-17-15(8-10-27-17)20(22)14-4-5-14/h3,6,8,10,14,20H,4-5,7,9,11H2,1-2H3,(H,21,24)/p+1/t20-/m1/s1. The number of carbonyl (C=O) groups excluding carboxylic acids is 1. The number of nitro benzene ring substituents is 1. The second kappa shape index (κ2) is 7.05. The molecule has 1 aliphatic heterocycles. The first-order valence-corrected chi connectivity index (χ1v) is 10.3. The van der Waals surface area contributed by atoms with Gasteiger partial charge in [0, 0.05) is 28.8 Å². The number of hydrogen-bond acceptors (Lipinski definition) is 4. The molecule has 1 fully saturated rings. The Morgan fingerprint density at radius 3 is 2.81 bits per heavy atom. The van der Waals surface area contributed by atoms with E-state index >= 15 is 0 Å². The predicted molar refractivity (Wildman–Crippen MR) is 105 cm³/mol. The maximum absolute atomic E-state index is 12.8. The van der Waals surface area contributed by atoms with Crippen LogP contribution in [0, 0.1) is 29.9 Å². The molecule has 2 aliphatic rings. The van der Waals surface area contributed by atoms with Gasteiger partial charge in [-0.05, 0) is 49.3 Å². The molecule has 142 valence electrons. The maximum atomic E-state index is 12.8. The van der Waals surface area contributed by atoms with Gasteiger partial charge in [0.1, 0.15) is 11.7 Å². The van der Waals surface area contributed by atoms with Gasteiger partial charge in [-0.1, -0.05) is 6.07 Å². The lowest BCUT2D eigenvalue weighted by atomic mass is 9.96. The highest BCUT2D eigenvalue weighted by Gasteiger charge is 2.43. The third-order valence-electron chi connectivity index (χ3n) is 5.88. The topological polar surface area (TPSA) is 76.7 Å². The molecular weight excluding hydrogens is 362 g/mol. The fourth-order valence-corrected chi connectivity index (χ4v) is 5.13.